The van der Waals surface area contributed by atoms with Crippen molar-refractivity contribution in [1.82, 2.24) is 15.5 Å². The predicted molar refractivity (Wildman–Crippen MR) is 106 cm³/mol. The number of nitrogens with zero attached hydrogens (tertiary/aromatic N) is 3. The number of carbonyl (C=O) groups excluding carboxylic acids is 1. The number of thiazole rings is 1. The maximum absolute atomic E-state index is 13.2. The number of rotatable bonds is 3. The molecule has 8 nitrogen and oxygen atoms in total. The van der Waals surface area contributed by atoms with Gasteiger partial charge in [0.1, 0.15) is 5.82 Å². The van der Waals surface area contributed by atoms with Gasteiger partial charge in [-0.1, -0.05) is 16.5 Å². The van der Waals surface area contributed by atoms with E-state index < -0.39 is 0 Å². The average Bonchev–Trinajstić information content (AvgIpc) is 3.35. The smallest absolute Gasteiger partial charge is 0.320 e. The first-order valence-electron chi connectivity index (χ1n) is 9.19. The number of halogens is 1. The first kappa shape index (κ1) is 18.1. The summed E-state index contributed by atoms with van der Waals surface area (Å²) >= 11 is 1.45. The molecule has 2 aliphatic rings. The summed E-state index contributed by atoms with van der Waals surface area (Å²) in [5.41, 5.74) is 1.75. The van der Waals surface area contributed by atoms with Crippen LogP contribution >= 0.6 is 11.3 Å². The van der Waals surface area contributed by atoms with Gasteiger partial charge in [0, 0.05) is 25.1 Å². The van der Waals surface area contributed by atoms with Crippen LogP contribution in [0.2, 0.25) is 0 Å². The summed E-state index contributed by atoms with van der Waals surface area (Å²) in [7, 11) is 1.56. The van der Waals surface area contributed by atoms with Gasteiger partial charge in [-0.15, -0.1) is 0 Å². The Morgan fingerprint density at radius 2 is 2.14 bits per heavy atom. The van der Waals surface area contributed by atoms with Crippen molar-refractivity contribution in [2.45, 2.75) is 18.5 Å². The number of carbonyl (C=O) groups is 1. The lowest BCUT2D eigenvalue weighted by molar-refractivity contribution is 0.0601. The summed E-state index contributed by atoms with van der Waals surface area (Å²) in [6.45, 7) is 1.06. The first-order valence-corrected chi connectivity index (χ1v) is 10.0. The van der Waals surface area contributed by atoms with Crippen molar-refractivity contribution in [1.29, 1.82) is 0 Å². The lowest BCUT2D eigenvalue weighted by atomic mass is 9.96. The molecule has 1 saturated heterocycles. The number of nitrogens with one attached hydrogen (secondary N) is 2. The zero-order valence-electron chi connectivity index (χ0n) is 15.5. The molecular formula is C19H18FN5O3S. The number of aromatic nitrogens is 2. The Kier molecular flexibility index (Phi) is 4.44. The summed E-state index contributed by atoms with van der Waals surface area (Å²) in [6.07, 6.45) is 0.691. The van der Waals surface area contributed by atoms with E-state index in [2.05, 4.69) is 25.7 Å². The van der Waals surface area contributed by atoms with Crippen LogP contribution in [0.4, 0.5) is 20.1 Å². The Hall–Kier alpha value is -2.98. The zero-order valence-corrected chi connectivity index (χ0v) is 16.3. The highest BCUT2D eigenvalue weighted by atomic mass is 32.1. The SMILES string of the molecule is CNC(=O)Nc1nc2c(s1)[C@@H]1COC[C@H](C2)N1c1cc(-c2ccc(F)cc2)on1. The van der Waals surface area contributed by atoms with Gasteiger partial charge in [0.2, 0.25) is 0 Å². The van der Waals surface area contributed by atoms with E-state index in [4.69, 9.17) is 9.26 Å². The van der Waals surface area contributed by atoms with Crippen molar-refractivity contribution >= 4 is 28.3 Å². The molecule has 2 aliphatic heterocycles. The van der Waals surface area contributed by atoms with Crippen LogP contribution < -0.4 is 15.5 Å². The number of benzene rings is 1. The molecule has 0 spiro atoms. The van der Waals surface area contributed by atoms with E-state index in [1.54, 1.807) is 19.2 Å². The fourth-order valence-electron chi connectivity index (χ4n) is 3.78. The van der Waals surface area contributed by atoms with E-state index in [0.717, 1.165) is 16.1 Å². The maximum Gasteiger partial charge on any atom is 0.320 e. The second-order valence-electron chi connectivity index (χ2n) is 6.91. The Labute approximate surface area is 169 Å². The van der Waals surface area contributed by atoms with Crippen LogP contribution in [0.1, 0.15) is 16.6 Å². The number of amides is 2. The number of fused-ring (bicyclic) bond motifs is 4. The largest absolute Gasteiger partial charge is 0.377 e. The second kappa shape index (κ2) is 7.12. The van der Waals surface area contributed by atoms with E-state index in [9.17, 15) is 9.18 Å². The summed E-state index contributed by atoms with van der Waals surface area (Å²) in [4.78, 5) is 19.5. The quantitative estimate of drug-likeness (QED) is 0.683. The van der Waals surface area contributed by atoms with E-state index in [1.165, 1.54) is 23.5 Å². The number of anilines is 2. The Morgan fingerprint density at radius 1 is 1.31 bits per heavy atom. The Morgan fingerprint density at radius 3 is 2.93 bits per heavy atom. The number of hydrogen-bond donors (Lipinski definition) is 2. The van der Waals surface area contributed by atoms with Gasteiger partial charge in [-0.05, 0) is 24.3 Å². The average molecular weight is 415 g/mol. The van der Waals surface area contributed by atoms with Gasteiger partial charge in [-0.2, -0.15) is 0 Å². The molecule has 2 N–H and O–H groups in total. The summed E-state index contributed by atoms with van der Waals surface area (Å²) in [5, 5.41) is 10.1. The Balaban J connectivity index is 1.46. The summed E-state index contributed by atoms with van der Waals surface area (Å²) in [6, 6.07) is 7.71. The third-order valence-electron chi connectivity index (χ3n) is 5.11. The third-order valence-corrected chi connectivity index (χ3v) is 6.23. The van der Waals surface area contributed by atoms with Crippen molar-refractivity contribution < 1.29 is 18.4 Å². The lowest BCUT2D eigenvalue weighted by Gasteiger charge is -2.44. The van der Waals surface area contributed by atoms with Crippen LogP contribution in [-0.4, -0.2) is 42.5 Å². The van der Waals surface area contributed by atoms with E-state index in [0.29, 0.717) is 36.3 Å². The Bertz CT molecular complexity index is 1050. The van der Waals surface area contributed by atoms with Crippen molar-refractivity contribution in [3.8, 4) is 11.3 Å². The highest BCUT2D eigenvalue weighted by Crippen LogP contribution is 2.43. The molecule has 3 aromatic rings. The minimum absolute atomic E-state index is 0.0543. The van der Waals surface area contributed by atoms with Crippen LogP contribution in [0.3, 0.4) is 0 Å². The summed E-state index contributed by atoms with van der Waals surface area (Å²) in [5.74, 6) is 0.994. The van der Waals surface area contributed by atoms with Crippen molar-refractivity contribution in [2.24, 2.45) is 0 Å². The molecule has 5 rings (SSSR count). The van der Waals surface area contributed by atoms with E-state index >= 15 is 0 Å². The molecule has 0 saturated carbocycles. The van der Waals surface area contributed by atoms with Crippen molar-refractivity contribution in [3.63, 3.8) is 0 Å². The molecule has 29 heavy (non-hydrogen) atoms. The molecule has 0 unspecified atom stereocenters. The summed E-state index contributed by atoms with van der Waals surface area (Å²) < 4.78 is 24.5. The van der Waals surface area contributed by atoms with Crippen LogP contribution in [0.5, 0.6) is 0 Å². The first-order chi connectivity index (χ1) is 14.1. The molecule has 2 aromatic heterocycles. The standard InChI is InChI=1S/C19H18FN5O3S/c1-21-18(26)23-19-22-13-6-12-8-27-9-14(17(13)29-19)25(12)16-7-15(28-24-16)10-2-4-11(20)5-3-10/h2-5,7,12,14H,6,8-9H2,1H3,(H2,21,22,23,26)/t12-,14-/m0/s1. The zero-order chi connectivity index (χ0) is 20.0. The molecule has 10 heteroatoms. The fraction of sp³-hybridized carbons (Fsp3) is 0.316. The molecule has 0 radical (unpaired) electrons. The predicted octanol–water partition coefficient (Wildman–Crippen LogP) is 3.19. The monoisotopic (exact) mass is 415 g/mol. The molecule has 2 atom stereocenters. The van der Waals surface area contributed by atoms with Gasteiger partial charge in [0.25, 0.3) is 0 Å². The number of hydrogen-bond acceptors (Lipinski definition) is 7. The molecular weight excluding hydrogens is 397 g/mol. The minimum atomic E-state index is -0.299. The van der Waals surface area contributed by atoms with Gasteiger partial charge < -0.3 is 19.5 Å². The minimum Gasteiger partial charge on any atom is -0.377 e. The van der Waals surface area contributed by atoms with Crippen molar-refractivity contribution in [2.75, 3.05) is 30.5 Å². The fourth-order valence-corrected chi connectivity index (χ4v) is 4.85. The normalized spacial score (nSPS) is 20.3. The number of morpholine rings is 1. The van der Waals surface area contributed by atoms with E-state index in [-0.39, 0.29) is 23.9 Å². The maximum atomic E-state index is 13.2. The molecule has 0 aliphatic carbocycles. The van der Waals surface area contributed by atoms with Gasteiger partial charge in [0.15, 0.2) is 16.7 Å². The molecule has 4 heterocycles. The highest BCUT2D eigenvalue weighted by Gasteiger charge is 2.42. The molecule has 2 bridgehead atoms. The van der Waals surface area contributed by atoms with Gasteiger partial charge in [-0.25, -0.2) is 14.2 Å². The molecule has 1 aromatic carbocycles. The second-order valence-corrected chi connectivity index (χ2v) is 7.94. The van der Waals surface area contributed by atoms with Crippen LogP contribution in [0, 0.1) is 5.82 Å². The highest BCUT2D eigenvalue weighted by molar-refractivity contribution is 7.16. The number of urea groups is 1. The van der Waals surface area contributed by atoms with Crippen molar-refractivity contribution in [3.05, 3.63) is 46.7 Å². The van der Waals surface area contributed by atoms with Crippen LogP contribution in [0.15, 0.2) is 34.9 Å². The topological polar surface area (TPSA) is 92.5 Å². The van der Waals surface area contributed by atoms with Gasteiger partial charge >= 0.3 is 6.03 Å². The van der Waals surface area contributed by atoms with Crippen LogP contribution in [0.25, 0.3) is 11.3 Å². The number of ether oxygens (including phenoxy) is 1. The van der Waals surface area contributed by atoms with Crippen LogP contribution in [-0.2, 0) is 11.2 Å². The molecule has 1 fully saturated rings. The third kappa shape index (κ3) is 3.23. The molecule has 2 amide bonds. The van der Waals surface area contributed by atoms with E-state index in [1.807, 2.05) is 6.07 Å². The van der Waals surface area contributed by atoms with Gasteiger partial charge in [0.05, 0.1) is 35.9 Å². The lowest BCUT2D eigenvalue weighted by Crippen LogP contribution is -2.51. The molecule has 150 valence electrons. The van der Waals surface area contributed by atoms with Gasteiger partial charge in [-0.3, -0.25) is 5.32 Å².